The second-order valence-electron chi connectivity index (χ2n) is 7.85. The summed E-state index contributed by atoms with van der Waals surface area (Å²) in [5.41, 5.74) is 3.07. The van der Waals surface area contributed by atoms with E-state index in [1.807, 2.05) is 10.4 Å². The first-order valence-electron chi connectivity index (χ1n) is 10.1. The van der Waals surface area contributed by atoms with Crippen molar-refractivity contribution in [2.75, 3.05) is 39.4 Å². The summed E-state index contributed by atoms with van der Waals surface area (Å²) in [5, 5.41) is 7.12. The predicted octanol–water partition coefficient (Wildman–Crippen LogP) is 1.92. The molecule has 12 heteroatoms. The van der Waals surface area contributed by atoms with Crippen molar-refractivity contribution in [2.45, 2.75) is 44.7 Å². The van der Waals surface area contributed by atoms with Gasteiger partial charge in [0.05, 0.1) is 43.0 Å². The topological polar surface area (TPSA) is 92.2 Å². The number of fused-ring (bicyclic) bond motifs is 1. The zero-order valence-corrected chi connectivity index (χ0v) is 18.0. The Balaban J connectivity index is 0.000000339. The van der Waals surface area contributed by atoms with Gasteiger partial charge in [-0.3, -0.25) is 9.69 Å². The molecule has 3 saturated heterocycles. The molecule has 1 N–H and O–H groups in total. The maximum Gasteiger partial charge on any atom is 0.490 e. The van der Waals surface area contributed by atoms with E-state index in [4.69, 9.17) is 19.4 Å². The van der Waals surface area contributed by atoms with E-state index in [0.717, 1.165) is 44.8 Å². The maximum absolute atomic E-state index is 12.4. The lowest BCUT2D eigenvalue weighted by Gasteiger charge is -2.28. The van der Waals surface area contributed by atoms with E-state index in [-0.39, 0.29) is 12.0 Å². The number of aliphatic carboxylic acids is 1. The fraction of sp³-hybridized carbons (Fsp3) is 0.737. The number of hydrogen-bond acceptors (Lipinski definition) is 7. The molecule has 3 aliphatic rings. The Morgan fingerprint density at radius 1 is 1.29 bits per heavy atom. The highest BCUT2D eigenvalue weighted by Crippen LogP contribution is 2.35. The second-order valence-corrected chi connectivity index (χ2v) is 8.79. The predicted molar refractivity (Wildman–Crippen MR) is 105 cm³/mol. The highest BCUT2D eigenvalue weighted by molar-refractivity contribution is 7.09. The molecular formula is C19H26F3N3O5S. The number of carbonyl (C=O) groups excluding carboxylic acids is 1. The molecule has 1 amide bonds. The van der Waals surface area contributed by atoms with Crippen LogP contribution in [0.1, 0.15) is 23.4 Å². The maximum atomic E-state index is 12.4. The number of morpholine rings is 1. The Morgan fingerprint density at radius 2 is 1.97 bits per heavy atom. The van der Waals surface area contributed by atoms with Crippen molar-refractivity contribution in [2.24, 2.45) is 5.92 Å². The molecule has 1 aromatic heterocycles. The first kappa shape index (κ1) is 23.9. The summed E-state index contributed by atoms with van der Waals surface area (Å²) in [5.74, 6) is -1.96. The van der Waals surface area contributed by atoms with Crippen LogP contribution in [0.4, 0.5) is 13.2 Å². The Kier molecular flexibility index (Phi) is 7.89. The third-order valence-electron chi connectivity index (χ3n) is 5.61. The molecule has 0 aliphatic carbocycles. The molecular weight excluding hydrogens is 439 g/mol. The molecule has 0 aromatic carbocycles. The van der Waals surface area contributed by atoms with Crippen LogP contribution in [0.3, 0.4) is 0 Å². The van der Waals surface area contributed by atoms with Crippen LogP contribution < -0.4 is 0 Å². The molecule has 8 nitrogen and oxygen atoms in total. The summed E-state index contributed by atoms with van der Waals surface area (Å²) in [6.45, 7) is 7.87. The summed E-state index contributed by atoms with van der Waals surface area (Å²) < 4.78 is 43.2. The third kappa shape index (κ3) is 6.61. The Labute approximate surface area is 181 Å². The minimum Gasteiger partial charge on any atom is -0.475 e. The normalized spacial score (nSPS) is 26.3. The van der Waals surface area contributed by atoms with Crippen molar-refractivity contribution < 1.29 is 37.3 Å². The van der Waals surface area contributed by atoms with Crippen LogP contribution in [-0.4, -0.2) is 89.5 Å². The lowest BCUT2D eigenvalue weighted by atomic mass is 10.0. The van der Waals surface area contributed by atoms with Gasteiger partial charge in [0.25, 0.3) is 0 Å². The summed E-state index contributed by atoms with van der Waals surface area (Å²) in [6.07, 6.45) is -3.15. The van der Waals surface area contributed by atoms with Gasteiger partial charge in [0.2, 0.25) is 5.91 Å². The monoisotopic (exact) mass is 465 g/mol. The summed E-state index contributed by atoms with van der Waals surface area (Å²) in [7, 11) is 0. The fourth-order valence-corrected chi connectivity index (χ4v) is 4.84. The number of alkyl halides is 3. The number of thiazole rings is 1. The number of hydrogen-bond donors (Lipinski definition) is 1. The van der Waals surface area contributed by atoms with Gasteiger partial charge in [-0.25, -0.2) is 9.78 Å². The number of rotatable bonds is 4. The molecule has 0 saturated carbocycles. The van der Waals surface area contributed by atoms with Crippen molar-refractivity contribution in [1.29, 1.82) is 0 Å². The van der Waals surface area contributed by atoms with Crippen molar-refractivity contribution in [3.63, 3.8) is 0 Å². The van der Waals surface area contributed by atoms with Crippen LogP contribution in [0.15, 0.2) is 5.51 Å². The van der Waals surface area contributed by atoms with Gasteiger partial charge in [-0.15, -0.1) is 11.3 Å². The van der Waals surface area contributed by atoms with Crippen molar-refractivity contribution in [3.05, 3.63) is 16.1 Å². The van der Waals surface area contributed by atoms with Crippen molar-refractivity contribution in [1.82, 2.24) is 14.8 Å². The van der Waals surface area contributed by atoms with E-state index in [9.17, 15) is 18.0 Å². The Hall–Kier alpha value is -1.76. The van der Waals surface area contributed by atoms with Crippen LogP contribution in [0.5, 0.6) is 0 Å². The number of amides is 1. The Bertz CT molecular complexity index is 755. The number of ether oxygens (including phenoxy) is 2. The number of carboxylic acid groups (broad SMARTS) is 1. The molecule has 3 atom stereocenters. The van der Waals surface area contributed by atoms with Gasteiger partial charge in [0.1, 0.15) is 0 Å². The molecule has 3 aliphatic heterocycles. The Morgan fingerprint density at radius 3 is 2.52 bits per heavy atom. The number of aryl methyl sites for hydroxylation is 1. The lowest BCUT2D eigenvalue weighted by Crippen LogP contribution is -2.42. The van der Waals surface area contributed by atoms with Crippen LogP contribution in [0.25, 0.3) is 0 Å². The van der Waals surface area contributed by atoms with E-state index < -0.39 is 12.1 Å². The minimum absolute atomic E-state index is 0.0997. The lowest BCUT2D eigenvalue weighted by molar-refractivity contribution is -0.192. The van der Waals surface area contributed by atoms with Gasteiger partial charge in [-0.05, 0) is 13.3 Å². The quantitative estimate of drug-likeness (QED) is 0.726. The van der Waals surface area contributed by atoms with E-state index in [1.165, 1.54) is 4.88 Å². The second kappa shape index (κ2) is 10.2. The molecule has 174 valence electrons. The van der Waals surface area contributed by atoms with Crippen molar-refractivity contribution in [3.8, 4) is 0 Å². The minimum atomic E-state index is -5.08. The van der Waals surface area contributed by atoms with Gasteiger partial charge in [0.15, 0.2) is 0 Å². The highest BCUT2D eigenvalue weighted by Gasteiger charge is 2.43. The zero-order chi connectivity index (χ0) is 22.6. The smallest absolute Gasteiger partial charge is 0.475 e. The number of carboxylic acids is 1. The van der Waals surface area contributed by atoms with Gasteiger partial charge in [-0.2, -0.15) is 13.2 Å². The molecule has 31 heavy (non-hydrogen) atoms. The van der Waals surface area contributed by atoms with E-state index in [0.29, 0.717) is 31.7 Å². The molecule has 0 unspecified atom stereocenters. The molecule has 0 spiro atoms. The van der Waals surface area contributed by atoms with Gasteiger partial charge in [-0.1, -0.05) is 0 Å². The van der Waals surface area contributed by atoms with Crippen LogP contribution in [0, 0.1) is 12.8 Å². The number of aromatic nitrogens is 1. The standard InChI is InChI=1S/C17H25N3O3S.C2HF3O2/c1-12-16(24-11-18-12)10-19-8-13-6-14(23-15(13)9-19)7-17(21)20-2-4-22-5-3-20;3-2(4,5)1(6)7/h11,13-15H,2-10H2,1H3;(H,6,7)/t13-,14+,15+;/m0./s1. The average molecular weight is 465 g/mol. The van der Waals surface area contributed by atoms with Crippen LogP contribution in [-0.2, 0) is 25.6 Å². The molecule has 0 bridgehead atoms. The van der Waals surface area contributed by atoms with E-state index in [2.05, 4.69) is 16.8 Å². The fourth-order valence-electron chi connectivity index (χ4n) is 4.03. The third-order valence-corrected chi connectivity index (χ3v) is 6.53. The molecule has 0 radical (unpaired) electrons. The molecule has 3 fully saturated rings. The van der Waals surface area contributed by atoms with E-state index in [1.54, 1.807) is 11.3 Å². The molecule has 1 aromatic rings. The first-order chi connectivity index (χ1) is 14.6. The molecule has 4 heterocycles. The summed E-state index contributed by atoms with van der Waals surface area (Å²) in [4.78, 5) is 31.3. The van der Waals surface area contributed by atoms with Gasteiger partial charge >= 0.3 is 12.1 Å². The molecule has 4 rings (SSSR count). The SMILES string of the molecule is Cc1ncsc1CN1C[C@@H]2C[C@H](CC(=O)N3CCOCC3)O[C@@H]2C1.O=C(O)C(F)(F)F. The van der Waals surface area contributed by atoms with Crippen LogP contribution in [0.2, 0.25) is 0 Å². The average Bonchev–Trinajstić information content (AvgIpc) is 3.38. The van der Waals surface area contributed by atoms with Crippen molar-refractivity contribution >= 4 is 23.2 Å². The van der Waals surface area contributed by atoms with E-state index >= 15 is 0 Å². The zero-order valence-electron chi connectivity index (χ0n) is 17.1. The number of likely N-dealkylation sites (tertiary alicyclic amines) is 1. The highest BCUT2D eigenvalue weighted by atomic mass is 32.1. The number of halogens is 3. The van der Waals surface area contributed by atoms with Crippen LogP contribution >= 0.6 is 11.3 Å². The number of carbonyl (C=O) groups is 2. The number of nitrogens with zero attached hydrogens (tertiary/aromatic N) is 3. The van der Waals surface area contributed by atoms with Gasteiger partial charge < -0.3 is 19.5 Å². The van der Waals surface area contributed by atoms with Gasteiger partial charge in [0, 0.05) is 43.5 Å². The largest absolute Gasteiger partial charge is 0.490 e. The summed E-state index contributed by atoms with van der Waals surface area (Å²) in [6, 6.07) is 0. The summed E-state index contributed by atoms with van der Waals surface area (Å²) >= 11 is 1.74. The first-order valence-corrected chi connectivity index (χ1v) is 10.9.